The minimum absolute atomic E-state index is 0.148. The number of hydrogen-bond donors (Lipinski definition) is 1. The van der Waals surface area contributed by atoms with E-state index in [2.05, 4.69) is 4.72 Å². The van der Waals surface area contributed by atoms with E-state index in [1.165, 1.54) is 0 Å². The zero-order valence-electron chi connectivity index (χ0n) is 12.2. The first-order valence-electron chi connectivity index (χ1n) is 7.19. The van der Waals surface area contributed by atoms with E-state index in [0.29, 0.717) is 30.0 Å². The maximum absolute atomic E-state index is 12.0. The fraction of sp³-hybridized carbons (Fsp3) is 0.571. The maximum atomic E-state index is 12.0. The molecule has 8 heteroatoms. The molecule has 0 radical (unpaired) electrons. The predicted molar refractivity (Wildman–Crippen MR) is 88.1 cm³/mol. The average Bonchev–Trinajstić information content (AvgIpc) is 2.77. The normalized spacial score (nSPS) is 21.0. The summed E-state index contributed by atoms with van der Waals surface area (Å²) in [6.07, 6.45) is 2.06. The number of benzene rings is 1. The van der Waals surface area contributed by atoms with E-state index in [1.807, 2.05) is 0 Å². The van der Waals surface area contributed by atoms with Crippen LogP contribution >= 0.6 is 11.6 Å². The van der Waals surface area contributed by atoms with Crippen LogP contribution in [0.25, 0.3) is 0 Å². The largest absolute Gasteiger partial charge is 0.229 e. The van der Waals surface area contributed by atoms with Crippen LogP contribution in [-0.2, 0) is 25.6 Å². The van der Waals surface area contributed by atoms with Crippen LogP contribution in [0.3, 0.4) is 0 Å². The Morgan fingerprint density at radius 3 is 2.64 bits per heavy atom. The summed E-state index contributed by atoms with van der Waals surface area (Å²) in [4.78, 5) is 0. The Balaban J connectivity index is 1.75. The van der Waals surface area contributed by atoms with Crippen molar-refractivity contribution < 1.29 is 16.8 Å². The molecule has 1 aromatic carbocycles. The zero-order chi connectivity index (χ0) is 16.2. The second kappa shape index (κ2) is 7.29. The van der Waals surface area contributed by atoms with Gasteiger partial charge < -0.3 is 0 Å². The SMILES string of the molecule is O=S1(=O)CCC(CCCNS(=O)(=O)Cc2ccccc2Cl)C1. The molecule has 0 aliphatic carbocycles. The highest BCUT2D eigenvalue weighted by Gasteiger charge is 2.27. The molecule has 1 aromatic rings. The molecule has 124 valence electrons. The summed E-state index contributed by atoms with van der Waals surface area (Å²) in [5, 5.41) is 0.434. The molecule has 1 heterocycles. The molecule has 1 unspecified atom stereocenters. The van der Waals surface area contributed by atoms with Crippen LogP contribution < -0.4 is 4.72 Å². The van der Waals surface area contributed by atoms with Crippen LogP contribution in [0.2, 0.25) is 5.02 Å². The summed E-state index contributed by atoms with van der Waals surface area (Å²) in [6, 6.07) is 6.84. The summed E-state index contributed by atoms with van der Waals surface area (Å²) in [5.41, 5.74) is 0.568. The van der Waals surface area contributed by atoms with E-state index in [9.17, 15) is 16.8 Å². The van der Waals surface area contributed by atoms with E-state index in [4.69, 9.17) is 11.6 Å². The van der Waals surface area contributed by atoms with Gasteiger partial charge in [-0.05, 0) is 36.8 Å². The number of halogens is 1. The lowest BCUT2D eigenvalue weighted by molar-refractivity contribution is 0.512. The molecule has 5 nitrogen and oxygen atoms in total. The lowest BCUT2D eigenvalue weighted by atomic mass is 10.0. The van der Waals surface area contributed by atoms with E-state index >= 15 is 0 Å². The number of hydrogen-bond acceptors (Lipinski definition) is 4. The molecule has 1 atom stereocenters. The second-order valence-electron chi connectivity index (χ2n) is 5.66. The molecule has 1 aliphatic heterocycles. The van der Waals surface area contributed by atoms with Crippen LogP contribution in [-0.4, -0.2) is 34.9 Å². The van der Waals surface area contributed by atoms with Crippen LogP contribution in [0.15, 0.2) is 24.3 Å². The number of nitrogens with one attached hydrogen (secondary N) is 1. The van der Waals surface area contributed by atoms with E-state index < -0.39 is 19.9 Å². The molecule has 0 aromatic heterocycles. The summed E-state index contributed by atoms with van der Waals surface area (Å²) in [7, 11) is -6.29. The topological polar surface area (TPSA) is 80.3 Å². The van der Waals surface area contributed by atoms with Crippen LogP contribution in [0.1, 0.15) is 24.8 Å². The number of rotatable bonds is 7. The van der Waals surface area contributed by atoms with Crippen molar-refractivity contribution in [3.63, 3.8) is 0 Å². The third-order valence-corrected chi connectivity index (χ3v) is 7.28. The Kier molecular flexibility index (Phi) is 5.87. The van der Waals surface area contributed by atoms with Gasteiger partial charge in [-0.25, -0.2) is 21.6 Å². The first kappa shape index (κ1) is 17.7. The molecule has 0 bridgehead atoms. The highest BCUT2D eigenvalue weighted by Crippen LogP contribution is 2.22. The molecule has 1 aliphatic rings. The van der Waals surface area contributed by atoms with Crippen molar-refractivity contribution >= 4 is 31.5 Å². The lowest BCUT2D eigenvalue weighted by Gasteiger charge is -2.10. The van der Waals surface area contributed by atoms with Crippen molar-refractivity contribution in [1.29, 1.82) is 0 Å². The molecule has 22 heavy (non-hydrogen) atoms. The predicted octanol–water partition coefficient (Wildman–Crippen LogP) is 1.97. The zero-order valence-corrected chi connectivity index (χ0v) is 14.6. The smallest absolute Gasteiger partial charge is 0.215 e. The first-order chi connectivity index (χ1) is 10.3. The Morgan fingerprint density at radius 1 is 1.27 bits per heavy atom. The standard InChI is InChI=1S/C14H20ClNO4S2/c15-14-6-2-1-5-13(14)11-22(19,20)16-8-3-4-12-7-9-21(17,18)10-12/h1-2,5-6,12,16H,3-4,7-11H2. The van der Waals surface area contributed by atoms with Crippen LogP contribution in [0.5, 0.6) is 0 Å². The number of sulfone groups is 1. The Labute approximate surface area is 137 Å². The van der Waals surface area contributed by atoms with Gasteiger partial charge in [-0.15, -0.1) is 0 Å². The third kappa shape index (κ3) is 5.53. The van der Waals surface area contributed by atoms with E-state index in [1.54, 1.807) is 24.3 Å². The molecule has 2 rings (SSSR count). The van der Waals surface area contributed by atoms with Gasteiger partial charge in [-0.2, -0.15) is 0 Å². The van der Waals surface area contributed by atoms with Crippen molar-refractivity contribution in [2.24, 2.45) is 5.92 Å². The van der Waals surface area contributed by atoms with E-state index in [-0.39, 0.29) is 23.2 Å². The van der Waals surface area contributed by atoms with E-state index in [0.717, 1.165) is 6.42 Å². The Bertz CT molecular complexity index is 716. The third-order valence-electron chi connectivity index (χ3n) is 3.74. The van der Waals surface area contributed by atoms with Crippen molar-refractivity contribution in [1.82, 2.24) is 4.72 Å². The molecule has 0 spiro atoms. The van der Waals surface area contributed by atoms with Gasteiger partial charge in [0.1, 0.15) is 0 Å². The summed E-state index contributed by atoms with van der Waals surface area (Å²) >= 11 is 5.96. The Hall–Kier alpha value is -0.630. The molecule has 1 fully saturated rings. The summed E-state index contributed by atoms with van der Waals surface area (Å²) in [6.45, 7) is 0.323. The van der Waals surface area contributed by atoms with Crippen LogP contribution in [0.4, 0.5) is 0 Å². The van der Waals surface area contributed by atoms with Crippen molar-refractivity contribution in [2.75, 3.05) is 18.1 Å². The summed E-state index contributed by atoms with van der Waals surface area (Å²) < 4.78 is 49.2. The fourth-order valence-corrected chi connectivity index (χ4v) is 6.00. The van der Waals surface area contributed by atoms with Gasteiger partial charge >= 0.3 is 0 Å². The van der Waals surface area contributed by atoms with Gasteiger partial charge in [0.05, 0.1) is 17.3 Å². The second-order valence-corrected chi connectivity index (χ2v) is 10.1. The molecule has 1 saturated heterocycles. The minimum Gasteiger partial charge on any atom is -0.229 e. The maximum Gasteiger partial charge on any atom is 0.215 e. The Morgan fingerprint density at radius 2 is 2.00 bits per heavy atom. The van der Waals surface area contributed by atoms with Crippen LogP contribution in [0, 0.1) is 5.92 Å². The lowest BCUT2D eigenvalue weighted by Crippen LogP contribution is -2.26. The van der Waals surface area contributed by atoms with Gasteiger partial charge in [-0.3, -0.25) is 0 Å². The average molecular weight is 366 g/mol. The van der Waals surface area contributed by atoms with Crippen molar-refractivity contribution in [3.8, 4) is 0 Å². The number of sulfonamides is 1. The van der Waals surface area contributed by atoms with Crippen molar-refractivity contribution in [2.45, 2.75) is 25.0 Å². The molecule has 0 amide bonds. The fourth-order valence-electron chi connectivity index (χ4n) is 2.59. The van der Waals surface area contributed by atoms with Gasteiger partial charge in [0.25, 0.3) is 0 Å². The first-order valence-corrected chi connectivity index (χ1v) is 11.0. The minimum atomic E-state index is -3.43. The highest BCUT2D eigenvalue weighted by atomic mass is 35.5. The van der Waals surface area contributed by atoms with Gasteiger partial charge in [0.2, 0.25) is 10.0 Å². The molecule has 1 N–H and O–H groups in total. The molecule has 0 saturated carbocycles. The molecular formula is C14H20ClNO4S2. The summed E-state index contributed by atoms with van der Waals surface area (Å²) in [5.74, 6) is 0.512. The van der Waals surface area contributed by atoms with Gasteiger partial charge in [0, 0.05) is 11.6 Å². The quantitative estimate of drug-likeness (QED) is 0.749. The van der Waals surface area contributed by atoms with Gasteiger partial charge in [-0.1, -0.05) is 29.8 Å². The highest BCUT2D eigenvalue weighted by molar-refractivity contribution is 7.91. The van der Waals surface area contributed by atoms with Crippen molar-refractivity contribution in [3.05, 3.63) is 34.9 Å². The monoisotopic (exact) mass is 365 g/mol. The molecular weight excluding hydrogens is 346 g/mol. The van der Waals surface area contributed by atoms with Gasteiger partial charge in [0.15, 0.2) is 9.84 Å².